The van der Waals surface area contributed by atoms with E-state index in [9.17, 15) is 27.1 Å². The molecule has 0 radical (unpaired) electrons. The molecular weight excluding hydrogens is 473 g/mol. The number of nitrogens with one attached hydrogen (secondary N) is 1. The quantitative estimate of drug-likeness (QED) is 0.336. The van der Waals surface area contributed by atoms with E-state index in [1.54, 1.807) is 30.5 Å². The lowest BCUT2D eigenvalue weighted by molar-refractivity contribution is -0.291. The number of tetrazole rings is 1. The molecule has 35 heavy (non-hydrogen) atoms. The Morgan fingerprint density at radius 3 is 2.40 bits per heavy atom. The van der Waals surface area contributed by atoms with Gasteiger partial charge in [-0.1, -0.05) is 25.5 Å². The van der Waals surface area contributed by atoms with E-state index in [0.717, 1.165) is 5.69 Å². The lowest BCUT2D eigenvalue weighted by Crippen LogP contribution is -2.35. The van der Waals surface area contributed by atoms with Crippen LogP contribution in [0.2, 0.25) is 0 Å². The molecule has 3 heterocycles. The van der Waals surface area contributed by atoms with Crippen molar-refractivity contribution in [1.82, 2.24) is 34.7 Å². The average Bonchev–Trinajstić information content (AvgIpc) is 3.57. The normalized spacial score (nSPS) is 12.4. The standard InChI is InChI=1S/C22H22F5N7O/c1-2-3-6-18-28-19(21(23,24)22(25,26)27)17(13-35)34(18)12-14-7-9-15(10-8-14)33-11-4-5-16(33)20-29-31-32-30-20/h4-5,7-11,35H,2-3,6,12-13H2,1H3,(H,29,30,31,32). The number of aliphatic hydroxyl groups is 1. The molecular formula is C22H22F5N7O. The number of rotatable bonds is 9. The molecule has 13 heteroatoms. The van der Waals surface area contributed by atoms with Gasteiger partial charge in [0.15, 0.2) is 5.82 Å². The van der Waals surface area contributed by atoms with Gasteiger partial charge in [-0.2, -0.15) is 22.0 Å². The van der Waals surface area contributed by atoms with Crippen LogP contribution in [0.1, 0.15) is 42.5 Å². The Labute approximate surface area is 196 Å². The van der Waals surface area contributed by atoms with Crippen molar-refractivity contribution in [2.75, 3.05) is 0 Å². The van der Waals surface area contributed by atoms with Crippen LogP contribution in [0.15, 0.2) is 42.6 Å². The molecule has 0 bridgehead atoms. The van der Waals surface area contributed by atoms with Crippen LogP contribution in [-0.2, 0) is 25.5 Å². The molecule has 0 saturated heterocycles. The van der Waals surface area contributed by atoms with Crippen molar-refractivity contribution >= 4 is 0 Å². The Hall–Kier alpha value is -3.61. The largest absolute Gasteiger partial charge is 0.459 e. The Bertz CT molecular complexity index is 1260. The van der Waals surface area contributed by atoms with Crippen molar-refractivity contribution < 1.29 is 27.1 Å². The summed E-state index contributed by atoms with van der Waals surface area (Å²) in [5.74, 6) is -4.64. The molecule has 0 unspecified atom stereocenters. The number of halogens is 5. The smallest absolute Gasteiger partial charge is 0.390 e. The van der Waals surface area contributed by atoms with Gasteiger partial charge >= 0.3 is 12.1 Å². The molecule has 4 aromatic rings. The Kier molecular flexibility index (Phi) is 6.70. The van der Waals surface area contributed by atoms with Crippen molar-refractivity contribution in [2.45, 2.75) is 51.4 Å². The Morgan fingerprint density at radius 2 is 1.80 bits per heavy atom. The molecule has 4 rings (SSSR count). The van der Waals surface area contributed by atoms with Gasteiger partial charge in [-0.25, -0.2) is 10.1 Å². The van der Waals surface area contributed by atoms with Gasteiger partial charge in [0.1, 0.15) is 11.5 Å². The van der Waals surface area contributed by atoms with Gasteiger partial charge in [-0.15, -0.1) is 5.10 Å². The molecule has 0 spiro atoms. The molecule has 0 atom stereocenters. The average molecular weight is 495 g/mol. The predicted octanol–water partition coefficient (Wildman–Crippen LogP) is 4.39. The van der Waals surface area contributed by atoms with E-state index in [-0.39, 0.29) is 18.8 Å². The molecule has 2 N–H and O–H groups in total. The van der Waals surface area contributed by atoms with E-state index in [2.05, 4.69) is 25.6 Å². The number of alkyl halides is 5. The van der Waals surface area contributed by atoms with Crippen molar-refractivity contribution in [2.24, 2.45) is 0 Å². The third-order valence-corrected chi connectivity index (χ3v) is 5.60. The number of benzene rings is 1. The van der Waals surface area contributed by atoms with Crippen LogP contribution in [-0.4, -0.2) is 46.0 Å². The SMILES string of the molecule is CCCCc1nc(C(F)(F)C(F)(F)F)c(CO)n1Cc1ccc(-n2cccc2-c2nnn[nH]2)cc1. The molecule has 0 aliphatic rings. The van der Waals surface area contributed by atoms with E-state index < -0.39 is 30.1 Å². The van der Waals surface area contributed by atoms with Crippen LogP contribution in [0.3, 0.4) is 0 Å². The molecule has 0 fully saturated rings. The number of hydrogen-bond acceptors (Lipinski definition) is 5. The number of aryl methyl sites for hydroxylation is 1. The van der Waals surface area contributed by atoms with Crippen LogP contribution >= 0.6 is 0 Å². The lowest BCUT2D eigenvalue weighted by atomic mass is 10.1. The summed E-state index contributed by atoms with van der Waals surface area (Å²) in [4.78, 5) is 3.66. The molecule has 186 valence electrons. The van der Waals surface area contributed by atoms with Gasteiger partial charge in [0.2, 0.25) is 0 Å². The fourth-order valence-corrected chi connectivity index (χ4v) is 3.81. The summed E-state index contributed by atoms with van der Waals surface area (Å²) in [6.07, 6.45) is -2.58. The second-order valence-electron chi connectivity index (χ2n) is 7.92. The summed E-state index contributed by atoms with van der Waals surface area (Å²) in [6.45, 7) is 0.839. The number of nitrogens with zero attached hydrogens (tertiary/aromatic N) is 6. The predicted molar refractivity (Wildman–Crippen MR) is 115 cm³/mol. The number of H-pyrrole nitrogens is 1. The summed E-state index contributed by atoms with van der Waals surface area (Å²) < 4.78 is 70.7. The first-order valence-electron chi connectivity index (χ1n) is 10.8. The van der Waals surface area contributed by atoms with Crippen molar-refractivity contribution in [3.8, 4) is 17.2 Å². The van der Waals surface area contributed by atoms with Crippen molar-refractivity contribution in [3.63, 3.8) is 0 Å². The van der Waals surface area contributed by atoms with E-state index in [1.807, 2.05) is 23.6 Å². The second-order valence-corrected chi connectivity index (χ2v) is 7.92. The monoisotopic (exact) mass is 495 g/mol. The third-order valence-electron chi connectivity index (χ3n) is 5.60. The van der Waals surface area contributed by atoms with Gasteiger partial charge in [0.05, 0.1) is 18.0 Å². The highest BCUT2D eigenvalue weighted by atomic mass is 19.4. The highest BCUT2D eigenvalue weighted by molar-refractivity contribution is 5.54. The summed E-state index contributed by atoms with van der Waals surface area (Å²) >= 11 is 0. The number of unbranched alkanes of at least 4 members (excludes halogenated alkanes) is 1. The topological polar surface area (TPSA) is 97.4 Å². The first kappa shape index (κ1) is 24.5. The van der Waals surface area contributed by atoms with Crippen LogP contribution in [0.25, 0.3) is 17.2 Å². The minimum Gasteiger partial charge on any atom is -0.390 e. The molecule has 0 aliphatic carbocycles. The molecule has 0 amide bonds. The second kappa shape index (κ2) is 9.56. The third kappa shape index (κ3) is 4.67. The summed E-state index contributed by atoms with van der Waals surface area (Å²) in [5.41, 5.74) is 0.103. The Morgan fingerprint density at radius 1 is 1.06 bits per heavy atom. The summed E-state index contributed by atoms with van der Waals surface area (Å²) in [6, 6.07) is 10.6. The highest BCUT2D eigenvalue weighted by Gasteiger charge is 2.61. The van der Waals surface area contributed by atoms with Gasteiger partial charge in [0.25, 0.3) is 0 Å². The minimum atomic E-state index is -5.83. The number of aromatic amines is 1. The van der Waals surface area contributed by atoms with Crippen molar-refractivity contribution in [1.29, 1.82) is 0 Å². The fourth-order valence-electron chi connectivity index (χ4n) is 3.81. The van der Waals surface area contributed by atoms with Crippen LogP contribution < -0.4 is 0 Å². The first-order valence-corrected chi connectivity index (χ1v) is 10.8. The zero-order valence-electron chi connectivity index (χ0n) is 18.6. The summed E-state index contributed by atoms with van der Waals surface area (Å²) in [7, 11) is 0. The van der Waals surface area contributed by atoms with Gasteiger partial charge in [-0.05, 0) is 46.7 Å². The van der Waals surface area contributed by atoms with Gasteiger partial charge in [-0.3, -0.25) is 0 Å². The first-order chi connectivity index (χ1) is 16.7. The van der Waals surface area contributed by atoms with Crippen molar-refractivity contribution in [3.05, 3.63) is 65.4 Å². The number of hydrogen-bond donors (Lipinski definition) is 2. The lowest BCUT2D eigenvalue weighted by Gasteiger charge is -2.19. The maximum atomic E-state index is 14.2. The zero-order chi connectivity index (χ0) is 25.2. The maximum absolute atomic E-state index is 14.2. The Balaban J connectivity index is 1.68. The van der Waals surface area contributed by atoms with E-state index >= 15 is 0 Å². The molecule has 3 aromatic heterocycles. The maximum Gasteiger partial charge on any atom is 0.459 e. The van der Waals surface area contributed by atoms with Crippen LogP contribution in [0.4, 0.5) is 22.0 Å². The van der Waals surface area contributed by atoms with Crippen LogP contribution in [0.5, 0.6) is 0 Å². The van der Waals surface area contributed by atoms with Gasteiger partial charge < -0.3 is 14.2 Å². The van der Waals surface area contributed by atoms with E-state index in [0.29, 0.717) is 29.9 Å². The van der Waals surface area contributed by atoms with Crippen LogP contribution in [0, 0.1) is 0 Å². The number of aliphatic hydroxyl groups excluding tert-OH is 1. The molecule has 8 nitrogen and oxygen atoms in total. The fraction of sp³-hybridized carbons (Fsp3) is 0.364. The zero-order valence-corrected chi connectivity index (χ0v) is 18.6. The van der Waals surface area contributed by atoms with E-state index in [4.69, 9.17) is 0 Å². The molecule has 0 aliphatic heterocycles. The van der Waals surface area contributed by atoms with Gasteiger partial charge in [0, 0.05) is 24.8 Å². The highest BCUT2D eigenvalue weighted by Crippen LogP contribution is 2.45. The minimum absolute atomic E-state index is 0.0271. The molecule has 1 aromatic carbocycles. The summed E-state index contributed by atoms with van der Waals surface area (Å²) in [5, 5.41) is 23.5. The van der Waals surface area contributed by atoms with E-state index in [1.165, 1.54) is 4.57 Å². The number of aromatic nitrogens is 7. The number of imidazole rings is 1. The molecule has 0 saturated carbocycles.